The van der Waals surface area contributed by atoms with Crippen molar-refractivity contribution < 1.29 is 4.79 Å². The quantitative estimate of drug-likeness (QED) is 0.437. The van der Waals surface area contributed by atoms with Crippen LogP contribution in [-0.2, 0) is 4.79 Å². The van der Waals surface area contributed by atoms with E-state index in [9.17, 15) is 4.79 Å². The molecule has 2 atom stereocenters. The van der Waals surface area contributed by atoms with Crippen LogP contribution < -0.4 is 11.2 Å². The molecule has 3 aromatic rings. The van der Waals surface area contributed by atoms with Gasteiger partial charge in [0.2, 0.25) is 11.1 Å². The van der Waals surface area contributed by atoms with E-state index >= 15 is 0 Å². The topological polar surface area (TPSA) is 85.8 Å². The molecular formula is C22H27N5OS. The van der Waals surface area contributed by atoms with Crippen molar-refractivity contribution in [2.24, 2.45) is 0 Å². The highest BCUT2D eigenvalue weighted by Gasteiger charge is 2.21. The summed E-state index contributed by atoms with van der Waals surface area (Å²) in [5.74, 6) is 7.02. The SMILES string of the molecule is CC[C@H](CNC(=O)[C@@H](C)Sc1nnc(-c2ccc(C)cc2)n1N)c1ccccc1. The molecule has 0 spiro atoms. The van der Waals surface area contributed by atoms with Crippen LogP contribution in [0.1, 0.15) is 37.3 Å². The van der Waals surface area contributed by atoms with E-state index in [1.807, 2.05) is 56.3 Å². The van der Waals surface area contributed by atoms with Gasteiger partial charge in [0.1, 0.15) is 0 Å². The predicted molar refractivity (Wildman–Crippen MR) is 118 cm³/mol. The third-order valence-corrected chi connectivity index (χ3v) is 5.97. The van der Waals surface area contributed by atoms with Gasteiger partial charge in [-0.2, -0.15) is 0 Å². The fourth-order valence-corrected chi connectivity index (χ4v) is 3.85. The molecule has 3 rings (SSSR count). The first kappa shape index (κ1) is 20.9. The summed E-state index contributed by atoms with van der Waals surface area (Å²) in [6.45, 7) is 6.61. The lowest BCUT2D eigenvalue weighted by atomic mass is 9.96. The highest BCUT2D eigenvalue weighted by molar-refractivity contribution is 8.00. The Morgan fingerprint density at radius 3 is 2.48 bits per heavy atom. The molecule has 1 aromatic heterocycles. The molecule has 6 nitrogen and oxygen atoms in total. The van der Waals surface area contributed by atoms with Crippen molar-refractivity contribution >= 4 is 17.7 Å². The molecule has 0 aliphatic carbocycles. The third kappa shape index (κ3) is 5.17. The molecule has 2 aromatic carbocycles. The molecule has 29 heavy (non-hydrogen) atoms. The number of nitrogens with two attached hydrogens (primary N) is 1. The van der Waals surface area contributed by atoms with Crippen LogP contribution in [0, 0.1) is 6.92 Å². The lowest BCUT2D eigenvalue weighted by Gasteiger charge is -2.18. The molecule has 1 heterocycles. The number of hydrogen-bond donors (Lipinski definition) is 2. The molecule has 3 N–H and O–H groups in total. The highest BCUT2D eigenvalue weighted by Crippen LogP contribution is 2.25. The first-order chi connectivity index (χ1) is 14.0. The summed E-state index contributed by atoms with van der Waals surface area (Å²) in [7, 11) is 0. The van der Waals surface area contributed by atoms with Crippen LogP contribution in [0.3, 0.4) is 0 Å². The molecule has 0 aliphatic rings. The summed E-state index contributed by atoms with van der Waals surface area (Å²) < 4.78 is 1.44. The van der Waals surface area contributed by atoms with Gasteiger partial charge in [-0.05, 0) is 25.8 Å². The maximum atomic E-state index is 12.6. The van der Waals surface area contributed by atoms with Gasteiger partial charge >= 0.3 is 0 Å². The van der Waals surface area contributed by atoms with Gasteiger partial charge in [-0.1, -0.05) is 78.8 Å². The van der Waals surface area contributed by atoms with E-state index < -0.39 is 0 Å². The van der Waals surface area contributed by atoms with Crippen molar-refractivity contribution in [3.05, 3.63) is 65.7 Å². The van der Waals surface area contributed by atoms with Gasteiger partial charge in [-0.15, -0.1) is 10.2 Å². The lowest BCUT2D eigenvalue weighted by molar-refractivity contribution is -0.120. The number of carbonyl (C=O) groups excluding carboxylic acids is 1. The Balaban J connectivity index is 1.60. The van der Waals surface area contributed by atoms with Crippen LogP contribution in [0.25, 0.3) is 11.4 Å². The van der Waals surface area contributed by atoms with Crippen LogP contribution in [0.4, 0.5) is 0 Å². The molecule has 0 fully saturated rings. The van der Waals surface area contributed by atoms with Gasteiger partial charge in [0.15, 0.2) is 5.82 Å². The number of carbonyl (C=O) groups is 1. The minimum absolute atomic E-state index is 0.0377. The van der Waals surface area contributed by atoms with Crippen LogP contribution in [0.15, 0.2) is 59.8 Å². The largest absolute Gasteiger partial charge is 0.355 e. The number of nitrogens with zero attached hydrogens (tertiary/aromatic N) is 3. The van der Waals surface area contributed by atoms with Gasteiger partial charge in [0.05, 0.1) is 5.25 Å². The number of nitrogen functional groups attached to an aromatic ring is 1. The van der Waals surface area contributed by atoms with Crippen molar-refractivity contribution in [2.45, 2.75) is 43.5 Å². The maximum Gasteiger partial charge on any atom is 0.233 e. The van der Waals surface area contributed by atoms with E-state index in [0.29, 0.717) is 23.4 Å². The molecule has 7 heteroatoms. The van der Waals surface area contributed by atoms with Gasteiger partial charge in [0, 0.05) is 18.0 Å². The van der Waals surface area contributed by atoms with Crippen molar-refractivity contribution in [1.29, 1.82) is 0 Å². The Hall–Kier alpha value is -2.80. The van der Waals surface area contributed by atoms with Crippen LogP contribution in [0.2, 0.25) is 0 Å². The summed E-state index contributed by atoms with van der Waals surface area (Å²) in [4.78, 5) is 12.6. The van der Waals surface area contributed by atoms with E-state index in [0.717, 1.165) is 17.5 Å². The predicted octanol–water partition coefficient (Wildman–Crippen LogP) is 3.76. The molecular weight excluding hydrogens is 382 g/mol. The second kappa shape index (κ2) is 9.60. The standard InChI is InChI=1S/C22H27N5OS/c1-4-17(18-8-6-5-7-9-18)14-24-21(28)16(3)29-22-26-25-20(27(22)23)19-12-10-15(2)11-13-19/h5-13,16-17H,4,14,23H2,1-3H3,(H,24,28)/t16-,17-/m1/s1. The van der Waals surface area contributed by atoms with Gasteiger partial charge in [-0.3, -0.25) is 4.79 Å². The van der Waals surface area contributed by atoms with Crippen LogP contribution >= 0.6 is 11.8 Å². The van der Waals surface area contributed by atoms with Gasteiger partial charge < -0.3 is 11.2 Å². The third-order valence-electron chi connectivity index (χ3n) is 4.91. The normalized spacial score (nSPS) is 13.1. The lowest BCUT2D eigenvalue weighted by Crippen LogP contribution is -2.34. The molecule has 0 saturated carbocycles. The minimum atomic E-state index is -0.333. The van der Waals surface area contributed by atoms with E-state index in [1.165, 1.54) is 22.0 Å². The number of hydrogen-bond acceptors (Lipinski definition) is 5. The van der Waals surface area contributed by atoms with Crippen molar-refractivity contribution in [1.82, 2.24) is 20.2 Å². The van der Waals surface area contributed by atoms with Crippen molar-refractivity contribution in [3.63, 3.8) is 0 Å². The number of thioether (sulfide) groups is 1. The Bertz CT molecular complexity index is 940. The van der Waals surface area contributed by atoms with E-state index in [1.54, 1.807) is 0 Å². The zero-order valence-electron chi connectivity index (χ0n) is 17.0. The number of nitrogens with one attached hydrogen (secondary N) is 1. The average molecular weight is 410 g/mol. The number of rotatable bonds is 8. The van der Waals surface area contributed by atoms with E-state index in [4.69, 9.17) is 5.84 Å². The molecule has 1 amide bonds. The molecule has 0 aliphatic heterocycles. The average Bonchev–Trinajstić information content (AvgIpc) is 3.10. The second-order valence-corrected chi connectivity index (χ2v) is 8.37. The zero-order valence-corrected chi connectivity index (χ0v) is 17.8. The van der Waals surface area contributed by atoms with Crippen LogP contribution in [-0.4, -0.2) is 32.6 Å². The maximum absolute atomic E-state index is 12.6. The molecule has 0 saturated heterocycles. The minimum Gasteiger partial charge on any atom is -0.355 e. The number of benzene rings is 2. The van der Waals surface area contributed by atoms with Gasteiger partial charge in [0.25, 0.3) is 0 Å². The monoisotopic (exact) mass is 409 g/mol. The fraction of sp³-hybridized carbons (Fsp3) is 0.318. The molecule has 152 valence electrons. The Labute approximate surface area is 175 Å². The summed E-state index contributed by atoms with van der Waals surface area (Å²) in [6.07, 6.45) is 0.961. The van der Waals surface area contributed by atoms with E-state index in [-0.39, 0.29) is 11.2 Å². The van der Waals surface area contributed by atoms with E-state index in [2.05, 4.69) is 34.6 Å². The highest BCUT2D eigenvalue weighted by atomic mass is 32.2. The zero-order chi connectivity index (χ0) is 20.8. The Kier molecular flexibility index (Phi) is 6.93. The van der Waals surface area contributed by atoms with Crippen molar-refractivity contribution in [2.75, 3.05) is 12.4 Å². The van der Waals surface area contributed by atoms with Gasteiger partial charge in [-0.25, -0.2) is 4.68 Å². The smallest absolute Gasteiger partial charge is 0.233 e. The summed E-state index contributed by atoms with van der Waals surface area (Å²) in [5.41, 5.74) is 3.29. The molecule has 0 unspecified atom stereocenters. The Morgan fingerprint density at radius 2 is 1.83 bits per heavy atom. The van der Waals surface area contributed by atoms with Crippen LogP contribution in [0.5, 0.6) is 0 Å². The number of amides is 1. The first-order valence-electron chi connectivity index (χ1n) is 9.76. The fourth-order valence-electron chi connectivity index (χ4n) is 3.06. The second-order valence-electron chi connectivity index (χ2n) is 7.06. The number of aromatic nitrogens is 3. The summed E-state index contributed by atoms with van der Waals surface area (Å²) in [5, 5.41) is 11.6. The number of aryl methyl sites for hydroxylation is 1. The summed E-state index contributed by atoms with van der Waals surface area (Å²) in [6, 6.07) is 18.2. The Morgan fingerprint density at radius 1 is 1.14 bits per heavy atom. The molecule has 0 bridgehead atoms. The first-order valence-corrected chi connectivity index (χ1v) is 10.6. The summed E-state index contributed by atoms with van der Waals surface area (Å²) >= 11 is 1.30. The molecule has 0 radical (unpaired) electrons. The van der Waals surface area contributed by atoms with Crippen molar-refractivity contribution in [3.8, 4) is 11.4 Å².